The molecule has 0 atom stereocenters. The lowest BCUT2D eigenvalue weighted by Crippen LogP contribution is -2.10. The minimum atomic E-state index is -1.00. The van der Waals surface area contributed by atoms with Gasteiger partial charge in [-0.2, -0.15) is 0 Å². The van der Waals surface area contributed by atoms with Crippen molar-refractivity contribution in [1.82, 2.24) is 14.5 Å². The van der Waals surface area contributed by atoms with E-state index >= 15 is 0 Å². The molecule has 0 aliphatic carbocycles. The summed E-state index contributed by atoms with van der Waals surface area (Å²) in [4.78, 5) is 19.6. The van der Waals surface area contributed by atoms with Gasteiger partial charge in [0.15, 0.2) is 5.82 Å². The minimum Gasteiger partial charge on any atom is -0.478 e. The summed E-state index contributed by atoms with van der Waals surface area (Å²) in [6.45, 7) is 2.05. The summed E-state index contributed by atoms with van der Waals surface area (Å²) >= 11 is 3.23. The summed E-state index contributed by atoms with van der Waals surface area (Å²) in [6, 6.07) is 1.54. The van der Waals surface area contributed by atoms with E-state index in [1.807, 2.05) is 6.92 Å². The highest BCUT2D eigenvalue weighted by molar-refractivity contribution is 9.10. The van der Waals surface area contributed by atoms with Crippen molar-refractivity contribution in [2.45, 2.75) is 19.8 Å². The third-order valence-corrected chi connectivity index (χ3v) is 2.92. The van der Waals surface area contributed by atoms with Crippen LogP contribution in [0.4, 0.5) is 0 Å². The average molecular weight is 310 g/mol. The van der Waals surface area contributed by atoms with Gasteiger partial charge in [-0.1, -0.05) is 6.92 Å². The highest BCUT2D eigenvalue weighted by Crippen LogP contribution is 2.19. The molecule has 0 aliphatic heterocycles. The summed E-state index contributed by atoms with van der Waals surface area (Å²) in [5, 5.41) is 9.22. The summed E-state index contributed by atoms with van der Waals surface area (Å²) < 4.78 is 2.36. The van der Waals surface area contributed by atoms with E-state index < -0.39 is 5.97 Å². The maximum atomic E-state index is 11.2. The standard InChI is InChI=1S/C12H12BrN3O2/c1-2-3-10-14-4-5-16(10)11-9(12(17)18)6-8(13)7-15-11/h4-7H,2-3H2,1H3,(H,17,18). The minimum absolute atomic E-state index is 0.153. The van der Waals surface area contributed by atoms with Gasteiger partial charge in [0.2, 0.25) is 0 Å². The number of carboxylic acids is 1. The van der Waals surface area contributed by atoms with Crippen LogP contribution in [0, 0.1) is 0 Å². The van der Waals surface area contributed by atoms with Crippen molar-refractivity contribution in [2.75, 3.05) is 0 Å². The molecule has 0 unspecified atom stereocenters. The van der Waals surface area contributed by atoms with E-state index in [4.69, 9.17) is 0 Å². The first kappa shape index (κ1) is 12.8. The van der Waals surface area contributed by atoms with Gasteiger partial charge in [0.05, 0.1) is 0 Å². The lowest BCUT2D eigenvalue weighted by Gasteiger charge is -2.09. The number of carbonyl (C=O) groups is 1. The lowest BCUT2D eigenvalue weighted by atomic mass is 10.2. The summed E-state index contributed by atoms with van der Waals surface area (Å²) in [6.07, 6.45) is 6.69. The van der Waals surface area contributed by atoms with Crippen LogP contribution in [0.25, 0.3) is 5.82 Å². The highest BCUT2D eigenvalue weighted by Gasteiger charge is 2.15. The first-order valence-electron chi connectivity index (χ1n) is 5.55. The number of aryl methyl sites for hydroxylation is 1. The van der Waals surface area contributed by atoms with Crippen LogP contribution in [0.15, 0.2) is 29.1 Å². The molecule has 0 spiro atoms. The van der Waals surface area contributed by atoms with Gasteiger partial charge in [0.1, 0.15) is 11.4 Å². The first-order chi connectivity index (χ1) is 8.63. The van der Waals surface area contributed by atoms with Crippen LogP contribution < -0.4 is 0 Å². The molecule has 0 aliphatic rings. The first-order valence-corrected chi connectivity index (χ1v) is 6.34. The van der Waals surface area contributed by atoms with Gasteiger partial charge in [0, 0.05) is 29.5 Å². The second-order valence-electron chi connectivity index (χ2n) is 3.79. The number of halogens is 1. The number of nitrogens with zero attached hydrogens (tertiary/aromatic N) is 3. The predicted molar refractivity (Wildman–Crippen MR) is 70.0 cm³/mol. The molecule has 6 heteroatoms. The molecule has 94 valence electrons. The van der Waals surface area contributed by atoms with Gasteiger partial charge in [-0.3, -0.25) is 4.57 Å². The van der Waals surface area contributed by atoms with Crippen molar-refractivity contribution in [3.8, 4) is 5.82 Å². The number of rotatable bonds is 4. The van der Waals surface area contributed by atoms with Crippen molar-refractivity contribution in [3.05, 3.63) is 40.5 Å². The van der Waals surface area contributed by atoms with Gasteiger partial charge in [-0.15, -0.1) is 0 Å². The molecular formula is C12H12BrN3O2. The Hall–Kier alpha value is -1.69. The largest absolute Gasteiger partial charge is 0.478 e. The molecule has 0 aromatic carbocycles. The third-order valence-electron chi connectivity index (χ3n) is 2.48. The summed E-state index contributed by atoms with van der Waals surface area (Å²) in [7, 11) is 0. The van der Waals surface area contributed by atoms with Gasteiger partial charge >= 0.3 is 5.97 Å². The molecule has 2 aromatic rings. The number of carboxylic acid groups (broad SMARTS) is 1. The molecule has 1 N–H and O–H groups in total. The van der Waals surface area contributed by atoms with Crippen molar-refractivity contribution in [3.63, 3.8) is 0 Å². The average Bonchev–Trinajstić information content (AvgIpc) is 2.77. The van der Waals surface area contributed by atoms with Gasteiger partial charge in [-0.05, 0) is 28.4 Å². The van der Waals surface area contributed by atoms with Crippen molar-refractivity contribution in [1.29, 1.82) is 0 Å². The molecule has 0 saturated carbocycles. The lowest BCUT2D eigenvalue weighted by molar-refractivity contribution is 0.0696. The Morgan fingerprint density at radius 3 is 2.94 bits per heavy atom. The van der Waals surface area contributed by atoms with E-state index in [0.717, 1.165) is 18.7 Å². The molecule has 0 fully saturated rings. The van der Waals surface area contributed by atoms with Crippen LogP contribution in [0.5, 0.6) is 0 Å². The Morgan fingerprint density at radius 2 is 2.28 bits per heavy atom. The van der Waals surface area contributed by atoms with Crippen LogP contribution in [0.2, 0.25) is 0 Å². The Morgan fingerprint density at radius 1 is 1.50 bits per heavy atom. The number of pyridine rings is 1. The molecule has 2 rings (SSSR count). The molecule has 0 radical (unpaired) electrons. The monoisotopic (exact) mass is 309 g/mol. The second kappa shape index (κ2) is 5.30. The third kappa shape index (κ3) is 2.43. The van der Waals surface area contributed by atoms with Crippen LogP contribution in [0.3, 0.4) is 0 Å². The number of hydrogen-bond donors (Lipinski definition) is 1. The Labute approximate surface area is 113 Å². The number of aromatic nitrogens is 3. The second-order valence-corrected chi connectivity index (χ2v) is 4.71. The van der Waals surface area contributed by atoms with Gasteiger partial charge in [-0.25, -0.2) is 14.8 Å². The maximum Gasteiger partial charge on any atom is 0.339 e. The molecule has 18 heavy (non-hydrogen) atoms. The number of imidazole rings is 1. The van der Waals surface area contributed by atoms with E-state index in [0.29, 0.717) is 10.3 Å². The van der Waals surface area contributed by atoms with E-state index in [2.05, 4.69) is 25.9 Å². The van der Waals surface area contributed by atoms with E-state index in [9.17, 15) is 9.90 Å². The fourth-order valence-electron chi connectivity index (χ4n) is 1.72. The Bertz CT molecular complexity index is 580. The van der Waals surface area contributed by atoms with Gasteiger partial charge < -0.3 is 5.11 Å². The number of aromatic carboxylic acids is 1. The molecule has 0 amide bonds. The van der Waals surface area contributed by atoms with E-state index in [1.54, 1.807) is 29.2 Å². The smallest absolute Gasteiger partial charge is 0.339 e. The van der Waals surface area contributed by atoms with Crippen molar-refractivity contribution in [2.24, 2.45) is 0 Å². The summed E-state index contributed by atoms with van der Waals surface area (Å²) in [5.74, 6) is 0.205. The van der Waals surface area contributed by atoms with Crippen molar-refractivity contribution < 1.29 is 9.90 Å². The Kier molecular flexibility index (Phi) is 3.76. The van der Waals surface area contributed by atoms with Crippen LogP contribution >= 0.6 is 15.9 Å². The normalized spacial score (nSPS) is 10.6. The zero-order chi connectivity index (χ0) is 13.1. The number of hydrogen-bond acceptors (Lipinski definition) is 3. The Balaban J connectivity index is 2.56. The molecular weight excluding hydrogens is 298 g/mol. The predicted octanol–water partition coefficient (Wildman–Crippen LogP) is 2.68. The zero-order valence-electron chi connectivity index (χ0n) is 9.80. The summed E-state index contributed by atoms with van der Waals surface area (Å²) in [5.41, 5.74) is 0.153. The highest BCUT2D eigenvalue weighted by atomic mass is 79.9. The van der Waals surface area contributed by atoms with Crippen LogP contribution in [-0.4, -0.2) is 25.6 Å². The van der Waals surface area contributed by atoms with Crippen LogP contribution in [-0.2, 0) is 6.42 Å². The van der Waals surface area contributed by atoms with E-state index in [1.165, 1.54) is 0 Å². The zero-order valence-corrected chi connectivity index (χ0v) is 11.4. The molecule has 0 bridgehead atoms. The van der Waals surface area contributed by atoms with Crippen molar-refractivity contribution >= 4 is 21.9 Å². The quantitative estimate of drug-likeness (QED) is 0.943. The SMILES string of the molecule is CCCc1nccn1-c1ncc(Br)cc1C(=O)O. The maximum absolute atomic E-state index is 11.2. The molecule has 5 nitrogen and oxygen atoms in total. The molecule has 0 saturated heterocycles. The topological polar surface area (TPSA) is 68.0 Å². The fourth-order valence-corrected chi connectivity index (χ4v) is 2.05. The molecule has 2 heterocycles. The fraction of sp³-hybridized carbons (Fsp3) is 0.250. The van der Waals surface area contributed by atoms with E-state index in [-0.39, 0.29) is 5.56 Å². The van der Waals surface area contributed by atoms with Crippen LogP contribution in [0.1, 0.15) is 29.5 Å². The van der Waals surface area contributed by atoms with Gasteiger partial charge in [0.25, 0.3) is 0 Å². The molecule has 2 aromatic heterocycles.